The van der Waals surface area contributed by atoms with Crippen molar-refractivity contribution in [3.05, 3.63) is 24.3 Å². The van der Waals surface area contributed by atoms with Crippen molar-refractivity contribution < 1.29 is 17.9 Å². The lowest BCUT2D eigenvalue weighted by Crippen LogP contribution is -2.35. The normalized spacial score (nSPS) is 11.3. The van der Waals surface area contributed by atoms with Crippen LogP contribution in [0.25, 0.3) is 0 Å². The summed E-state index contributed by atoms with van der Waals surface area (Å²) in [5.74, 6) is 0.636. The minimum absolute atomic E-state index is 0.0726. The molecule has 0 heterocycles. The Morgan fingerprint density at radius 3 is 2.50 bits per heavy atom. The van der Waals surface area contributed by atoms with Gasteiger partial charge in [-0.15, -0.1) is 0 Å². The highest BCUT2D eigenvalue weighted by molar-refractivity contribution is 7.92. The predicted octanol–water partition coefficient (Wildman–Crippen LogP) is 1.62. The first kappa shape index (κ1) is 18.3. The molecule has 1 N–H and O–H groups in total. The zero-order valence-electron chi connectivity index (χ0n) is 13.5. The molecule has 1 aromatic rings. The van der Waals surface area contributed by atoms with Crippen LogP contribution < -0.4 is 14.4 Å². The first-order valence-corrected chi connectivity index (χ1v) is 8.98. The maximum absolute atomic E-state index is 12.0. The molecule has 0 aliphatic heterocycles. The summed E-state index contributed by atoms with van der Waals surface area (Å²) >= 11 is 0. The van der Waals surface area contributed by atoms with Crippen LogP contribution in [0, 0.1) is 5.92 Å². The molecule has 0 atom stereocenters. The fourth-order valence-corrected chi connectivity index (χ4v) is 2.84. The molecule has 0 saturated heterocycles. The van der Waals surface area contributed by atoms with Crippen molar-refractivity contribution in [3.63, 3.8) is 0 Å². The Balaban J connectivity index is 2.86. The van der Waals surface area contributed by atoms with E-state index in [1.54, 1.807) is 24.3 Å². The van der Waals surface area contributed by atoms with Crippen LogP contribution in [0.5, 0.6) is 5.75 Å². The first-order valence-electron chi connectivity index (χ1n) is 7.13. The molecular weight excluding hydrogens is 304 g/mol. The van der Waals surface area contributed by atoms with Crippen molar-refractivity contribution in [1.29, 1.82) is 0 Å². The van der Waals surface area contributed by atoms with E-state index in [-0.39, 0.29) is 18.9 Å². The fraction of sp³-hybridized carbons (Fsp3) is 0.533. The second-order valence-corrected chi connectivity index (χ2v) is 7.36. The Labute approximate surface area is 132 Å². The average Bonchev–Trinajstić information content (AvgIpc) is 2.44. The van der Waals surface area contributed by atoms with Gasteiger partial charge in [0, 0.05) is 19.5 Å². The molecule has 22 heavy (non-hydrogen) atoms. The molecule has 0 aliphatic rings. The number of carbonyl (C=O) groups is 1. The van der Waals surface area contributed by atoms with E-state index in [0.717, 1.165) is 6.26 Å². The van der Waals surface area contributed by atoms with Gasteiger partial charge in [-0.05, 0) is 18.1 Å². The third-order valence-electron chi connectivity index (χ3n) is 3.00. The third-order valence-corrected chi connectivity index (χ3v) is 4.18. The zero-order chi connectivity index (χ0) is 16.8. The van der Waals surface area contributed by atoms with Crippen LogP contribution in [0.2, 0.25) is 0 Å². The van der Waals surface area contributed by atoms with Crippen LogP contribution in [-0.2, 0) is 14.8 Å². The summed E-state index contributed by atoms with van der Waals surface area (Å²) in [6, 6.07) is 6.84. The van der Waals surface area contributed by atoms with Gasteiger partial charge in [0.1, 0.15) is 5.75 Å². The van der Waals surface area contributed by atoms with Gasteiger partial charge in [0.2, 0.25) is 15.9 Å². The number of nitrogens with one attached hydrogen (secondary N) is 1. The highest BCUT2D eigenvalue weighted by Gasteiger charge is 2.21. The molecule has 6 nitrogen and oxygen atoms in total. The Hall–Kier alpha value is -1.76. The molecular formula is C15H24N2O4S. The fourth-order valence-electron chi connectivity index (χ4n) is 1.91. The monoisotopic (exact) mass is 328 g/mol. The molecule has 0 radical (unpaired) electrons. The lowest BCUT2D eigenvalue weighted by molar-refractivity contribution is -0.121. The first-order chi connectivity index (χ1) is 10.3. The van der Waals surface area contributed by atoms with E-state index in [1.165, 1.54) is 11.4 Å². The number of sulfonamides is 1. The number of rotatable bonds is 8. The van der Waals surface area contributed by atoms with Crippen LogP contribution in [0.1, 0.15) is 20.3 Å². The lowest BCUT2D eigenvalue weighted by Gasteiger charge is -2.24. The van der Waals surface area contributed by atoms with E-state index >= 15 is 0 Å². The molecule has 1 amide bonds. The van der Waals surface area contributed by atoms with Crippen molar-refractivity contribution in [2.75, 3.05) is 30.8 Å². The topological polar surface area (TPSA) is 75.7 Å². The largest absolute Gasteiger partial charge is 0.495 e. The number of anilines is 1. The summed E-state index contributed by atoms with van der Waals surface area (Å²) in [6.45, 7) is 4.64. The standard InChI is InChI=1S/C15H24N2O4S/c1-12(2)11-16-15(18)9-10-17(22(4,19)20)13-7-5-6-8-14(13)21-3/h5-8,12H,9-11H2,1-4H3,(H,16,18). The highest BCUT2D eigenvalue weighted by atomic mass is 32.2. The van der Waals surface area contributed by atoms with Crippen molar-refractivity contribution in [1.82, 2.24) is 5.32 Å². The number of amides is 1. The molecule has 124 valence electrons. The lowest BCUT2D eigenvalue weighted by atomic mass is 10.2. The second kappa shape index (κ2) is 8.03. The molecule has 0 fully saturated rings. The van der Waals surface area contributed by atoms with Gasteiger partial charge < -0.3 is 10.1 Å². The maximum atomic E-state index is 12.0. The molecule has 1 aromatic carbocycles. The van der Waals surface area contributed by atoms with E-state index < -0.39 is 10.0 Å². The van der Waals surface area contributed by atoms with Crippen LogP contribution in [0.4, 0.5) is 5.69 Å². The van der Waals surface area contributed by atoms with Gasteiger partial charge in [0.25, 0.3) is 0 Å². The maximum Gasteiger partial charge on any atom is 0.232 e. The van der Waals surface area contributed by atoms with E-state index in [9.17, 15) is 13.2 Å². The molecule has 7 heteroatoms. The molecule has 1 rings (SSSR count). The number of carbonyl (C=O) groups excluding carboxylic acids is 1. The molecule has 0 saturated carbocycles. The van der Waals surface area contributed by atoms with Gasteiger partial charge >= 0.3 is 0 Å². The number of hydrogen-bond acceptors (Lipinski definition) is 4. The summed E-state index contributed by atoms with van der Waals surface area (Å²) < 4.78 is 30.4. The highest BCUT2D eigenvalue weighted by Crippen LogP contribution is 2.29. The second-order valence-electron chi connectivity index (χ2n) is 5.45. The summed E-state index contributed by atoms with van der Waals surface area (Å²) in [7, 11) is -2.02. The van der Waals surface area contributed by atoms with E-state index in [0.29, 0.717) is 23.9 Å². The Kier molecular flexibility index (Phi) is 6.67. The van der Waals surface area contributed by atoms with Gasteiger partial charge in [-0.1, -0.05) is 26.0 Å². The Bertz CT molecular complexity index is 599. The minimum atomic E-state index is -3.50. The number of methoxy groups -OCH3 is 1. The third kappa shape index (κ3) is 5.55. The number of hydrogen-bond donors (Lipinski definition) is 1. The van der Waals surface area contributed by atoms with Gasteiger partial charge in [0.05, 0.1) is 19.1 Å². The van der Waals surface area contributed by atoms with Crippen LogP contribution in [-0.4, -0.2) is 40.8 Å². The Morgan fingerprint density at radius 2 is 1.95 bits per heavy atom. The number of para-hydroxylation sites is 2. The van der Waals surface area contributed by atoms with Crippen LogP contribution >= 0.6 is 0 Å². The quantitative estimate of drug-likeness (QED) is 0.787. The van der Waals surface area contributed by atoms with Crippen molar-refractivity contribution >= 4 is 21.6 Å². The van der Waals surface area contributed by atoms with Crippen molar-refractivity contribution in [2.24, 2.45) is 5.92 Å². The summed E-state index contributed by atoms with van der Waals surface area (Å²) in [6.07, 6.45) is 1.21. The number of ether oxygens (including phenoxy) is 1. The van der Waals surface area contributed by atoms with Gasteiger partial charge in [0.15, 0.2) is 0 Å². The molecule has 0 unspecified atom stereocenters. The number of benzene rings is 1. The summed E-state index contributed by atoms with van der Waals surface area (Å²) in [5, 5.41) is 2.78. The molecule has 0 aromatic heterocycles. The predicted molar refractivity (Wildman–Crippen MR) is 87.6 cm³/mol. The molecule has 0 spiro atoms. The van der Waals surface area contributed by atoms with Gasteiger partial charge in [-0.2, -0.15) is 0 Å². The Morgan fingerprint density at radius 1 is 1.32 bits per heavy atom. The molecule has 0 aliphatic carbocycles. The van der Waals surface area contributed by atoms with Gasteiger partial charge in [-0.3, -0.25) is 9.10 Å². The SMILES string of the molecule is COc1ccccc1N(CCC(=O)NCC(C)C)S(C)(=O)=O. The van der Waals surface area contributed by atoms with Crippen molar-refractivity contribution in [3.8, 4) is 5.75 Å². The van der Waals surface area contributed by atoms with E-state index in [1.807, 2.05) is 13.8 Å². The van der Waals surface area contributed by atoms with Gasteiger partial charge in [-0.25, -0.2) is 8.42 Å². The average molecular weight is 328 g/mol. The van der Waals surface area contributed by atoms with Crippen LogP contribution in [0.15, 0.2) is 24.3 Å². The summed E-state index contributed by atoms with van der Waals surface area (Å²) in [4.78, 5) is 11.8. The summed E-state index contributed by atoms with van der Waals surface area (Å²) in [5.41, 5.74) is 0.434. The number of nitrogens with zero attached hydrogens (tertiary/aromatic N) is 1. The zero-order valence-corrected chi connectivity index (χ0v) is 14.3. The van der Waals surface area contributed by atoms with Crippen molar-refractivity contribution in [2.45, 2.75) is 20.3 Å². The minimum Gasteiger partial charge on any atom is -0.495 e. The van der Waals surface area contributed by atoms with E-state index in [4.69, 9.17) is 4.74 Å². The van der Waals surface area contributed by atoms with E-state index in [2.05, 4.69) is 5.32 Å². The smallest absolute Gasteiger partial charge is 0.232 e. The van der Waals surface area contributed by atoms with Crippen LogP contribution in [0.3, 0.4) is 0 Å². The molecule has 0 bridgehead atoms.